The number of nitrogens with one attached hydrogen (secondary N) is 2. The Morgan fingerprint density at radius 3 is 2.67 bits per heavy atom. The largest absolute Gasteiger partial charge is 0.455 e. The molecule has 0 saturated heterocycles. The lowest BCUT2D eigenvalue weighted by Gasteiger charge is -2.17. The van der Waals surface area contributed by atoms with E-state index in [0.717, 1.165) is 27.6 Å². The Bertz CT molecular complexity index is 1090. The minimum Gasteiger partial charge on any atom is -0.455 e. The summed E-state index contributed by atoms with van der Waals surface area (Å²) in [5, 5.41) is 3.75. The molecular formula is C23H25N3O4. The second-order valence-electron chi connectivity index (χ2n) is 7.31. The molecule has 0 aliphatic heterocycles. The summed E-state index contributed by atoms with van der Waals surface area (Å²) in [6.45, 7) is 3.30. The van der Waals surface area contributed by atoms with Gasteiger partial charge in [-0.15, -0.1) is 0 Å². The molecule has 1 heterocycles. The number of anilines is 1. The van der Waals surface area contributed by atoms with E-state index < -0.39 is 18.5 Å². The molecule has 0 radical (unpaired) electrons. The van der Waals surface area contributed by atoms with Crippen LogP contribution in [0.25, 0.3) is 10.9 Å². The number of H-pyrrole nitrogens is 1. The summed E-state index contributed by atoms with van der Waals surface area (Å²) in [5.74, 6) is -1.26. The standard InChI is InChI=1S/C23H25N3O4/c1-15-8-9-16(2)20(10-15)25-21(27)13-26(3)22(28)14-30-23(29)11-17-12-24-19-7-5-4-6-18(17)19/h4-10,12,24H,11,13-14H2,1-3H3,(H,25,27). The van der Waals surface area contributed by atoms with Gasteiger partial charge < -0.3 is 19.9 Å². The first-order valence-electron chi connectivity index (χ1n) is 9.65. The third-order valence-electron chi connectivity index (χ3n) is 4.84. The highest BCUT2D eigenvalue weighted by Crippen LogP contribution is 2.18. The molecule has 30 heavy (non-hydrogen) atoms. The number of hydrogen-bond donors (Lipinski definition) is 2. The van der Waals surface area contributed by atoms with E-state index in [1.165, 1.54) is 11.9 Å². The number of fused-ring (bicyclic) bond motifs is 1. The summed E-state index contributed by atoms with van der Waals surface area (Å²) in [6.07, 6.45) is 1.83. The number of hydrogen-bond acceptors (Lipinski definition) is 4. The van der Waals surface area contributed by atoms with Crippen LogP contribution in [0.3, 0.4) is 0 Å². The zero-order valence-electron chi connectivity index (χ0n) is 17.3. The fraction of sp³-hybridized carbons (Fsp3) is 0.261. The maximum Gasteiger partial charge on any atom is 0.310 e. The number of para-hydroxylation sites is 1. The van der Waals surface area contributed by atoms with Crippen molar-refractivity contribution in [2.24, 2.45) is 0 Å². The molecule has 2 amide bonds. The number of ether oxygens (including phenoxy) is 1. The molecule has 3 aromatic rings. The van der Waals surface area contributed by atoms with E-state index in [0.29, 0.717) is 5.69 Å². The Morgan fingerprint density at radius 1 is 1.10 bits per heavy atom. The quantitative estimate of drug-likeness (QED) is 0.589. The molecule has 0 saturated carbocycles. The third-order valence-corrected chi connectivity index (χ3v) is 4.84. The molecule has 3 rings (SSSR count). The Hall–Kier alpha value is -3.61. The first kappa shape index (κ1) is 21.1. The van der Waals surface area contributed by atoms with Crippen molar-refractivity contribution in [2.45, 2.75) is 20.3 Å². The molecule has 0 unspecified atom stereocenters. The SMILES string of the molecule is Cc1ccc(C)c(NC(=O)CN(C)C(=O)COC(=O)Cc2c[nH]c3ccccc23)c1. The van der Waals surface area contributed by atoms with Gasteiger partial charge in [-0.2, -0.15) is 0 Å². The summed E-state index contributed by atoms with van der Waals surface area (Å²) >= 11 is 0. The summed E-state index contributed by atoms with van der Waals surface area (Å²) in [5.41, 5.74) is 4.43. The van der Waals surface area contributed by atoms with E-state index in [4.69, 9.17) is 4.74 Å². The number of rotatable bonds is 7. The minimum absolute atomic E-state index is 0.0636. The number of aromatic nitrogens is 1. The van der Waals surface area contributed by atoms with E-state index in [1.807, 2.05) is 56.3 Å². The van der Waals surface area contributed by atoms with Crippen molar-refractivity contribution in [3.8, 4) is 0 Å². The van der Waals surface area contributed by atoms with Gasteiger partial charge in [0.05, 0.1) is 13.0 Å². The summed E-state index contributed by atoms with van der Waals surface area (Å²) in [4.78, 5) is 40.9. The molecule has 2 N–H and O–H groups in total. The summed E-state index contributed by atoms with van der Waals surface area (Å²) < 4.78 is 5.11. The fourth-order valence-electron chi connectivity index (χ4n) is 3.10. The third kappa shape index (κ3) is 5.26. The molecule has 1 aromatic heterocycles. The van der Waals surface area contributed by atoms with Crippen molar-refractivity contribution in [3.05, 3.63) is 65.4 Å². The molecule has 7 nitrogen and oxygen atoms in total. The van der Waals surface area contributed by atoms with Crippen molar-refractivity contribution in [1.82, 2.24) is 9.88 Å². The number of likely N-dealkylation sites (N-methyl/N-ethyl adjacent to an activating group) is 1. The zero-order valence-corrected chi connectivity index (χ0v) is 17.3. The van der Waals surface area contributed by atoms with Crippen LogP contribution in [0.5, 0.6) is 0 Å². The lowest BCUT2D eigenvalue weighted by molar-refractivity contribution is -0.151. The maximum atomic E-state index is 12.2. The second kappa shape index (κ2) is 9.26. The van der Waals surface area contributed by atoms with Gasteiger partial charge in [0.1, 0.15) is 0 Å². The van der Waals surface area contributed by atoms with Crippen LogP contribution in [0.2, 0.25) is 0 Å². The monoisotopic (exact) mass is 407 g/mol. The number of carbonyl (C=O) groups is 3. The highest BCUT2D eigenvalue weighted by Gasteiger charge is 2.17. The number of esters is 1. The molecule has 0 aliphatic carbocycles. The lowest BCUT2D eigenvalue weighted by Crippen LogP contribution is -2.37. The predicted octanol–water partition coefficient (Wildman–Crippen LogP) is 2.97. The molecule has 7 heteroatoms. The van der Waals surface area contributed by atoms with Gasteiger partial charge >= 0.3 is 5.97 Å². The Morgan fingerprint density at radius 2 is 1.87 bits per heavy atom. The van der Waals surface area contributed by atoms with E-state index in [2.05, 4.69) is 10.3 Å². The molecule has 156 valence electrons. The number of benzene rings is 2. The van der Waals surface area contributed by atoms with Gasteiger partial charge in [-0.05, 0) is 42.7 Å². The van der Waals surface area contributed by atoms with Gasteiger partial charge in [0.25, 0.3) is 5.91 Å². The Kier molecular flexibility index (Phi) is 6.51. The molecular weight excluding hydrogens is 382 g/mol. The number of nitrogens with zero attached hydrogens (tertiary/aromatic N) is 1. The molecule has 0 spiro atoms. The van der Waals surface area contributed by atoms with Crippen LogP contribution in [-0.2, 0) is 25.5 Å². The molecule has 2 aromatic carbocycles. The number of aryl methyl sites for hydroxylation is 2. The average molecular weight is 407 g/mol. The molecule has 0 aliphatic rings. The van der Waals surface area contributed by atoms with Crippen molar-refractivity contribution in [2.75, 3.05) is 25.5 Å². The molecule has 0 fully saturated rings. The number of aromatic amines is 1. The zero-order chi connectivity index (χ0) is 21.7. The lowest BCUT2D eigenvalue weighted by atomic mass is 10.1. The minimum atomic E-state index is -0.499. The average Bonchev–Trinajstić information content (AvgIpc) is 3.11. The van der Waals surface area contributed by atoms with Crippen LogP contribution < -0.4 is 5.32 Å². The van der Waals surface area contributed by atoms with Gasteiger partial charge in [-0.3, -0.25) is 14.4 Å². The van der Waals surface area contributed by atoms with E-state index in [1.54, 1.807) is 6.20 Å². The van der Waals surface area contributed by atoms with Crippen LogP contribution in [-0.4, -0.2) is 47.9 Å². The molecule has 0 bridgehead atoms. The van der Waals surface area contributed by atoms with Gasteiger partial charge in [-0.1, -0.05) is 30.3 Å². The van der Waals surface area contributed by atoms with Gasteiger partial charge in [0, 0.05) is 29.8 Å². The van der Waals surface area contributed by atoms with Crippen molar-refractivity contribution >= 4 is 34.4 Å². The Balaban J connectivity index is 1.47. The molecule has 0 atom stereocenters. The number of carbonyl (C=O) groups excluding carboxylic acids is 3. The van der Waals surface area contributed by atoms with Crippen molar-refractivity contribution in [3.63, 3.8) is 0 Å². The van der Waals surface area contributed by atoms with E-state index >= 15 is 0 Å². The predicted molar refractivity (Wildman–Crippen MR) is 115 cm³/mol. The van der Waals surface area contributed by atoms with Crippen LogP contribution in [0.4, 0.5) is 5.69 Å². The summed E-state index contributed by atoms with van der Waals surface area (Å²) in [7, 11) is 1.50. The van der Waals surface area contributed by atoms with Crippen LogP contribution in [0.15, 0.2) is 48.7 Å². The van der Waals surface area contributed by atoms with Gasteiger partial charge in [-0.25, -0.2) is 0 Å². The Labute approximate surface area is 175 Å². The maximum absolute atomic E-state index is 12.2. The highest BCUT2D eigenvalue weighted by atomic mass is 16.5. The first-order chi connectivity index (χ1) is 14.3. The fourth-order valence-corrected chi connectivity index (χ4v) is 3.10. The number of amides is 2. The van der Waals surface area contributed by atoms with E-state index in [-0.39, 0.29) is 18.9 Å². The normalized spacial score (nSPS) is 10.6. The van der Waals surface area contributed by atoms with E-state index in [9.17, 15) is 14.4 Å². The van der Waals surface area contributed by atoms with Crippen LogP contribution in [0.1, 0.15) is 16.7 Å². The van der Waals surface area contributed by atoms with Crippen molar-refractivity contribution < 1.29 is 19.1 Å². The van der Waals surface area contributed by atoms with Crippen LogP contribution in [0, 0.1) is 13.8 Å². The van der Waals surface area contributed by atoms with Crippen LogP contribution >= 0.6 is 0 Å². The summed E-state index contributed by atoms with van der Waals surface area (Å²) in [6, 6.07) is 13.4. The smallest absolute Gasteiger partial charge is 0.310 e. The van der Waals surface area contributed by atoms with Crippen molar-refractivity contribution in [1.29, 1.82) is 0 Å². The van der Waals surface area contributed by atoms with Gasteiger partial charge in [0.15, 0.2) is 6.61 Å². The highest BCUT2D eigenvalue weighted by molar-refractivity contribution is 5.95. The first-order valence-corrected chi connectivity index (χ1v) is 9.65. The second-order valence-corrected chi connectivity index (χ2v) is 7.31. The van der Waals surface area contributed by atoms with Gasteiger partial charge in [0.2, 0.25) is 5.91 Å². The topological polar surface area (TPSA) is 91.5 Å².